The number of aromatic nitrogens is 3. The molecule has 3 aromatic heterocycles. The number of hydrogen-bond donors (Lipinski definition) is 2. The van der Waals surface area contributed by atoms with Gasteiger partial charge in [0.15, 0.2) is 0 Å². The van der Waals surface area contributed by atoms with Gasteiger partial charge >= 0.3 is 0 Å². The third-order valence-corrected chi connectivity index (χ3v) is 6.80. The molecule has 0 spiro atoms. The summed E-state index contributed by atoms with van der Waals surface area (Å²) in [6.07, 6.45) is 5.19. The fourth-order valence-corrected chi connectivity index (χ4v) is 4.72. The number of rotatable bonds is 10. The number of imidazole rings is 1. The second kappa shape index (κ2) is 10.7. The lowest BCUT2D eigenvalue weighted by atomic mass is 9.99. The fraction of sp³-hybridized carbons (Fsp3) is 0.321. The third kappa shape index (κ3) is 5.05. The first kappa shape index (κ1) is 24.9. The summed E-state index contributed by atoms with van der Waals surface area (Å²) in [6.45, 7) is 4.89. The average Bonchev–Trinajstić information content (AvgIpc) is 3.49. The van der Waals surface area contributed by atoms with Crippen molar-refractivity contribution < 1.29 is 13.9 Å². The number of benzene rings is 1. The van der Waals surface area contributed by atoms with Gasteiger partial charge in [-0.25, -0.2) is 14.4 Å². The summed E-state index contributed by atoms with van der Waals surface area (Å²) in [6, 6.07) is 10.7. The van der Waals surface area contributed by atoms with E-state index in [4.69, 9.17) is 9.72 Å². The first-order valence-electron chi connectivity index (χ1n) is 12.5. The van der Waals surface area contributed by atoms with E-state index in [0.717, 1.165) is 48.4 Å². The van der Waals surface area contributed by atoms with E-state index in [0.29, 0.717) is 35.9 Å². The van der Waals surface area contributed by atoms with Crippen molar-refractivity contribution in [2.45, 2.75) is 32.9 Å². The largest absolute Gasteiger partial charge is 0.385 e. The van der Waals surface area contributed by atoms with Crippen LogP contribution >= 0.6 is 0 Å². The molecule has 0 radical (unpaired) electrons. The van der Waals surface area contributed by atoms with Gasteiger partial charge in [-0.15, -0.1) is 0 Å². The SMILES string of the molecule is CCN(C)Cc1nc(Nc2ccc(-c3cnc4cc(F)ccn34)c3c2C(=O)NC3)ccc1CCCOC. The van der Waals surface area contributed by atoms with Crippen LogP contribution in [0.15, 0.2) is 48.8 Å². The minimum atomic E-state index is -0.340. The summed E-state index contributed by atoms with van der Waals surface area (Å²) in [5.41, 5.74) is 6.58. The Balaban J connectivity index is 1.49. The highest BCUT2D eigenvalue weighted by Gasteiger charge is 2.27. The van der Waals surface area contributed by atoms with Gasteiger partial charge in [-0.3, -0.25) is 9.20 Å². The zero-order valence-electron chi connectivity index (χ0n) is 21.3. The van der Waals surface area contributed by atoms with Crippen molar-refractivity contribution in [3.63, 3.8) is 0 Å². The van der Waals surface area contributed by atoms with E-state index in [1.54, 1.807) is 19.5 Å². The number of nitrogens with one attached hydrogen (secondary N) is 2. The van der Waals surface area contributed by atoms with Crippen LogP contribution in [0.1, 0.15) is 40.5 Å². The summed E-state index contributed by atoms with van der Waals surface area (Å²) >= 11 is 0. The molecule has 4 aromatic rings. The smallest absolute Gasteiger partial charge is 0.254 e. The maximum atomic E-state index is 13.7. The molecule has 5 rings (SSSR count). The molecule has 0 atom stereocenters. The van der Waals surface area contributed by atoms with Gasteiger partial charge in [-0.05, 0) is 55.8 Å². The molecule has 0 saturated heterocycles. The zero-order valence-corrected chi connectivity index (χ0v) is 21.3. The lowest BCUT2D eigenvalue weighted by Gasteiger charge is -2.18. The summed E-state index contributed by atoms with van der Waals surface area (Å²) in [7, 11) is 3.79. The van der Waals surface area contributed by atoms with Crippen molar-refractivity contribution >= 4 is 23.1 Å². The van der Waals surface area contributed by atoms with Crippen LogP contribution in [0.4, 0.5) is 15.9 Å². The zero-order chi connectivity index (χ0) is 25.9. The number of halogens is 1. The van der Waals surface area contributed by atoms with E-state index >= 15 is 0 Å². The molecule has 0 aliphatic carbocycles. The topological polar surface area (TPSA) is 83.8 Å². The lowest BCUT2D eigenvalue weighted by Crippen LogP contribution is -2.19. The molecule has 2 N–H and O–H groups in total. The molecule has 0 unspecified atom stereocenters. The monoisotopic (exact) mass is 502 g/mol. The maximum Gasteiger partial charge on any atom is 0.254 e. The van der Waals surface area contributed by atoms with Crippen LogP contribution < -0.4 is 10.6 Å². The summed E-state index contributed by atoms with van der Waals surface area (Å²) in [5, 5.41) is 6.34. The van der Waals surface area contributed by atoms with Crippen LogP contribution in [0.25, 0.3) is 16.9 Å². The minimum absolute atomic E-state index is 0.138. The lowest BCUT2D eigenvalue weighted by molar-refractivity contribution is 0.0966. The molecule has 1 aliphatic heterocycles. The van der Waals surface area contributed by atoms with Gasteiger partial charge in [-0.1, -0.05) is 19.1 Å². The van der Waals surface area contributed by atoms with Gasteiger partial charge in [-0.2, -0.15) is 0 Å². The first-order chi connectivity index (χ1) is 18.0. The van der Waals surface area contributed by atoms with Crippen LogP contribution in [0.2, 0.25) is 0 Å². The molecule has 0 bridgehead atoms. The van der Waals surface area contributed by atoms with Crippen molar-refractivity contribution in [1.29, 1.82) is 0 Å². The van der Waals surface area contributed by atoms with Crippen molar-refractivity contribution in [2.24, 2.45) is 0 Å². The van der Waals surface area contributed by atoms with Gasteiger partial charge in [0.1, 0.15) is 17.3 Å². The predicted molar refractivity (Wildman–Crippen MR) is 141 cm³/mol. The molecule has 1 aromatic carbocycles. The van der Waals surface area contributed by atoms with Crippen LogP contribution in [0, 0.1) is 5.82 Å². The Bertz CT molecular complexity index is 1450. The Morgan fingerprint density at radius 2 is 2.11 bits per heavy atom. The number of ether oxygens (including phenoxy) is 1. The Morgan fingerprint density at radius 3 is 2.92 bits per heavy atom. The fourth-order valence-electron chi connectivity index (χ4n) is 4.72. The molecular weight excluding hydrogens is 471 g/mol. The van der Waals surface area contributed by atoms with E-state index in [-0.39, 0.29) is 11.7 Å². The summed E-state index contributed by atoms with van der Waals surface area (Å²) in [4.78, 5) is 24.4. The molecule has 0 fully saturated rings. The number of carbonyl (C=O) groups excluding carboxylic acids is 1. The summed E-state index contributed by atoms with van der Waals surface area (Å²) in [5.74, 6) is 0.212. The minimum Gasteiger partial charge on any atom is -0.385 e. The third-order valence-electron chi connectivity index (χ3n) is 6.80. The molecule has 8 nitrogen and oxygen atoms in total. The number of amides is 1. The van der Waals surface area contributed by atoms with Gasteiger partial charge < -0.3 is 20.3 Å². The van der Waals surface area contributed by atoms with Gasteiger partial charge in [0, 0.05) is 44.6 Å². The first-order valence-corrected chi connectivity index (χ1v) is 12.5. The van der Waals surface area contributed by atoms with Crippen LogP contribution in [0.5, 0.6) is 0 Å². The van der Waals surface area contributed by atoms with Crippen LogP contribution in [0.3, 0.4) is 0 Å². The second-order valence-corrected chi connectivity index (χ2v) is 9.27. The predicted octanol–water partition coefficient (Wildman–Crippen LogP) is 4.55. The van der Waals surface area contributed by atoms with E-state index in [9.17, 15) is 9.18 Å². The molecule has 0 saturated carbocycles. The second-order valence-electron chi connectivity index (χ2n) is 9.27. The number of aryl methyl sites for hydroxylation is 1. The Kier molecular flexibility index (Phi) is 7.16. The number of pyridine rings is 2. The summed E-state index contributed by atoms with van der Waals surface area (Å²) < 4.78 is 20.7. The quantitative estimate of drug-likeness (QED) is 0.310. The van der Waals surface area contributed by atoms with Gasteiger partial charge in [0.25, 0.3) is 5.91 Å². The number of methoxy groups -OCH3 is 1. The number of hydrogen-bond acceptors (Lipinski definition) is 6. The Morgan fingerprint density at radius 1 is 1.24 bits per heavy atom. The van der Waals surface area contributed by atoms with Crippen molar-refractivity contribution in [1.82, 2.24) is 24.6 Å². The Labute approximate surface area is 215 Å². The van der Waals surface area contributed by atoms with E-state index < -0.39 is 0 Å². The number of fused-ring (bicyclic) bond motifs is 2. The molecule has 192 valence electrons. The van der Waals surface area contributed by atoms with E-state index in [1.807, 2.05) is 22.6 Å². The molecule has 1 aliphatic rings. The maximum absolute atomic E-state index is 13.7. The van der Waals surface area contributed by atoms with E-state index in [1.165, 1.54) is 17.7 Å². The van der Waals surface area contributed by atoms with Crippen LogP contribution in [-0.2, 0) is 24.2 Å². The number of carbonyl (C=O) groups is 1. The molecular formula is C28H31FN6O2. The van der Waals surface area contributed by atoms with Crippen molar-refractivity contribution in [2.75, 3.05) is 32.6 Å². The molecule has 4 heterocycles. The average molecular weight is 503 g/mol. The van der Waals surface area contributed by atoms with Gasteiger partial charge in [0.05, 0.1) is 28.8 Å². The molecule has 1 amide bonds. The molecule has 37 heavy (non-hydrogen) atoms. The Hall–Kier alpha value is -3.82. The standard InChI is InChI=1S/C28H31FN6O2/c1-4-34(2)17-23-18(6-5-13-37-3)7-10-25(33-23)32-22-9-8-20(21-15-31-28(36)27(21)22)24-16-30-26-14-19(29)11-12-35(24)26/h7-12,14,16H,4-6,13,15,17H2,1-3H3,(H,31,36)(H,32,33). The van der Waals surface area contributed by atoms with Crippen molar-refractivity contribution in [3.8, 4) is 11.3 Å². The highest BCUT2D eigenvalue weighted by atomic mass is 19.1. The highest BCUT2D eigenvalue weighted by molar-refractivity contribution is 6.06. The number of nitrogens with zero attached hydrogens (tertiary/aromatic N) is 4. The number of anilines is 2. The highest BCUT2D eigenvalue weighted by Crippen LogP contribution is 2.35. The van der Waals surface area contributed by atoms with E-state index in [2.05, 4.69) is 40.6 Å². The van der Waals surface area contributed by atoms with Gasteiger partial charge in [0.2, 0.25) is 0 Å². The van der Waals surface area contributed by atoms with Crippen molar-refractivity contribution in [3.05, 3.63) is 77.0 Å². The van der Waals surface area contributed by atoms with Crippen LogP contribution in [-0.4, -0.2) is 52.5 Å². The molecule has 9 heteroatoms. The normalized spacial score (nSPS) is 12.8.